The minimum atomic E-state index is -2.81. The van der Waals surface area contributed by atoms with Crippen LogP contribution < -0.4 is 16.3 Å². The number of nitrogens with zero attached hydrogens (tertiary/aromatic N) is 8. The van der Waals surface area contributed by atoms with Crippen LogP contribution in [0.5, 0.6) is 0 Å². The summed E-state index contributed by atoms with van der Waals surface area (Å²) in [4.78, 5) is 58.1. The molecule has 4 aliphatic rings. The quantitative estimate of drug-likeness (QED) is 0.0688. The molecule has 2 saturated heterocycles. The summed E-state index contributed by atoms with van der Waals surface area (Å²) in [6, 6.07) is 6.80. The van der Waals surface area contributed by atoms with Crippen LogP contribution in [0.2, 0.25) is 0 Å². The molecule has 2 saturated carbocycles. The molecule has 1 aromatic carbocycles. The molecule has 6 heterocycles. The minimum Gasteiger partial charge on any atom is -0.391 e. The Kier molecular flexibility index (Phi) is 13.0. The molecule has 342 valence electrons. The molecule has 2 aliphatic carbocycles. The number of nitrogens with one attached hydrogen (secondary N) is 2. The summed E-state index contributed by atoms with van der Waals surface area (Å²) >= 11 is 0. The van der Waals surface area contributed by atoms with Crippen LogP contribution in [-0.2, 0) is 34.2 Å². The highest BCUT2D eigenvalue weighted by molar-refractivity contribution is 6.02. The van der Waals surface area contributed by atoms with Gasteiger partial charge in [-0.2, -0.15) is 10.2 Å². The maximum absolute atomic E-state index is 14.3. The zero-order chi connectivity index (χ0) is 44.5. The van der Waals surface area contributed by atoms with Crippen molar-refractivity contribution in [3.05, 3.63) is 75.7 Å². The first kappa shape index (κ1) is 43.9. The molecule has 1 unspecified atom stereocenters. The fourth-order valence-corrected chi connectivity index (χ4v) is 10.4. The molecule has 3 atom stereocenters. The van der Waals surface area contributed by atoms with E-state index in [1.165, 1.54) is 15.3 Å². The number of aryl methyl sites for hydroxylation is 2. The van der Waals surface area contributed by atoms with E-state index in [4.69, 9.17) is 4.74 Å². The second-order valence-electron chi connectivity index (χ2n) is 18.3. The summed E-state index contributed by atoms with van der Waals surface area (Å²) in [5, 5.41) is 24.7. The second-order valence-corrected chi connectivity index (χ2v) is 18.3. The number of imide groups is 1. The Labute approximate surface area is 369 Å². The first-order valence-electron chi connectivity index (χ1n) is 23.0. The lowest BCUT2D eigenvalue weighted by Gasteiger charge is -2.36. The maximum atomic E-state index is 14.3. The van der Waals surface area contributed by atoms with E-state index in [9.17, 15) is 33.1 Å². The predicted octanol–water partition coefficient (Wildman–Crippen LogP) is 5.48. The first-order valence-corrected chi connectivity index (χ1v) is 23.0. The highest BCUT2D eigenvalue weighted by Crippen LogP contribution is 2.35. The number of aliphatic hydroxyl groups is 1. The van der Waals surface area contributed by atoms with E-state index in [0.717, 1.165) is 108 Å². The Morgan fingerprint density at radius 3 is 2.56 bits per heavy atom. The number of rotatable bonds is 15. The van der Waals surface area contributed by atoms with Crippen LogP contribution in [0.3, 0.4) is 0 Å². The van der Waals surface area contributed by atoms with Gasteiger partial charge >= 0.3 is 5.69 Å². The fraction of sp³-hybridized carbons (Fsp3) is 0.587. The summed E-state index contributed by atoms with van der Waals surface area (Å²) in [6.07, 6.45) is 12.7. The van der Waals surface area contributed by atoms with Crippen LogP contribution in [0, 0.1) is 5.92 Å². The van der Waals surface area contributed by atoms with E-state index in [2.05, 4.69) is 30.7 Å². The van der Waals surface area contributed by atoms with E-state index in [1.807, 2.05) is 18.2 Å². The van der Waals surface area contributed by atoms with Gasteiger partial charge in [0.15, 0.2) is 11.4 Å². The van der Waals surface area contributed by atoms with E-state index < -0.39 is 24.5 Å². The van der Waals surface area contributed by atoms with Gasteiger partial charge in [-0.15, -0.1) is 0 Å². The van der Waals surface area contributed by atoms with Gasteiger partial charge in [0.25, 0.3) is 6.43 Å². The smallest absolute Gasteiger partial charge is 0.329 e. The van der Waals surface area contributed by atoms with Crippen molar-refractivity contribution in [1.82, 2.24) is 43.7 Å². The Hall–Kier alpha value is -5.33. The number of benzene rings is 1. The van der Waals surface area contributed by atoms with Crippen molar-refractivity contribution in [1.29, 1.82) is 0 Å². The summed E-state index contributed by atoms with van der Waals surface area (Å²) in [5.74, 6) is -0.0710. The van der Waals surface area contributed by atoms with E-state index >= 15 is 0 Å². The number of alkyl halides is 2. The molecule has 0 radical (unpaired) electrons. The fourth-order valence-electron chi connectivity index (χ4n) is 10.4. The van der Waals surface area contributed by atoms with E-state index in [1.54, 1.807) is 34.8 Å². The highest BCUT2D eigenvalue weighted by atomic mass is 19.3. The average Bonchev–Trinajstić information content (AvgIpc) is 3.98. The molecule has 0 spiro atoms. The normalized spacial score (nSPS) is 23.9. The first-order chi connectivity index (χ1) is 31.0. The van der Waals surface area contributed by atoms with Gasteiger partial charge in [-0.05, 0) is 100 Å². The zero-order valence-corrected chi connectivity index (χ0v) is 36.3. The van der Waals surface area contributed by atoms with Crippen molar-refractivity contribution in [3.63, 3.8) is 0 Å². The zero-order valence-electron chi connectivity index (χ0n) is 36.3. The van der Waals surface area contributed by atoms with Crippen molar-refractivity contribution in [2.24, 2.45) is 13.0 Å². The van der Waals surface area contributed by atoms with Crippen molar-refractivity contribution in [2.75, 3.05) is 31.6 Å². The molecule has 9 rings (SSSR count). The number of carbonyl (C=O) groups excluding carboxylic acids is 3. The van der Waals surface area contributed by atoms with Gasteiger partial charge in [-0.25, -0.2) is 23.1 Å². The molecule has 4 aromatic heterocycles. The molecule has 5 aromatic rings. The van der Waals surface area contributed by atoms with Gasteiger partial charge in [-0.3, -0.25) is 33.5 Å². The van der Waals surface area contributed by atoms with Gasteiger partial charge in [0.2, 0.25) is 11.8 Å². The Balaban J connectivity index is 0.716. The molecular formula is C46H58F2N10O6. The number of Topliss-reactive ketones (excluding diaryl/α,β-unsaturated/α-hetero) is 1. The van der Waals surface area contributed by atoms with Crippen LogP contribution in [0.25, 0.3) is 16.7 Å². The molecular weight excluding hydrogens is 827 g/mol. The van der Waals surface area contributed by atoms with Crippen LogP contribution in [0.1, 0.15) is 129 Å². The standard InChI is InChI=1S/C46H58F2N10O6/c1-54-37-23-28(10-13-35(37)58(46(54)63)36-14-15-41(61)52-45(36)62)5-4-22-64-32-16-19-55(20-17-32)26-29-8-11-31(12-9-29)57-27-30(42(53-57)43(47)48)24-39(60)33-25-49-56-21-18-40(51-44(33)56)50-34-6-2-3-7-38(34)59/h10,13,18,21,23,25,27,29,31-32,34,36,38,43,59H,2-9,11-12,14-17,19-20,22,24,26H2,1H3,(H,50,51)(H,52,61,62)/t29?,31?,34-,36?,38+/m1/s1. The third-order valence-electron chi connectivity index (χ3n) is 14.0. The number of likely N-dealkylation sites (tertiary alicyclic amines) is 1. The van der Waals surface area contributed by atoms with Crippen LogP contribution in [0.4, 0.5) is 14.6 Å². The Morgan fingerprint density at radius 2 is 1.80 bits per heavy atom. The number of fused-ring (bicyclic) bond motifs is 2. The molecule has 16 nitrogen and oxygen atoms in total. The molecule has 18 heteroatoms. The predicted molar refractivity (Wildman–Crippen MR) is 233 cm³/mol. The van der Waals surface area contributed by atoms with Gasteiger partial charge in [0.1, 0.15) is 17.6 Å². The number of hydrogen-bond donors (Lipinski definition) is 3. The molecule has 3 N–H and O–H groups in total. The number of anilines is 1. The largest absolute Gasteiger partial charge is 0.391 e. The number of imidazole rings is 1. The number of ketones is 1. The third kappa shape index (κ3) is 9.40. The summed E-state index contributed by atoms with van der Waals surface area (Å²) in [5.41, 5.74) is 2.71. The van der Waals surface area contributed by atoms with Crippen molar-refractivity contribution < 1.29 is 33.0 Å². The average molecular weight is 885 g/mol. The number of aliphatic hydroxyl groups excluding tert-OH is 1. The van der Waals surface area contributed by atoms with E-state index in [-0.39, 0.29) is 65.2 Å². The number of ether oxygens (including phenoxy) is 1. The molecule has 64 heavy (non-hydrogen) atoms. The summed E-state index contributed by atoms with van der Waals surface area (Å²) < 4.78 is 41.2. The number of halogens is 2. The third-order valence-corrected chi connectivity index (χ3v) is 14.0. The lowest BCUT2D eigenvalue weighted by molar-refractivity contribution is -0.135. The Morgan fingerprint density at radius 1 is 1.00 bits per heavy atom. The maximum Gasteiger partial charge on any atom is 0.329 e. The van der Waals surface area contributed by atoms with Gasteiger partial charge in [0.05, 0.1) is 47.1 Å². The number of amides is 2. The van der Waals surface area contributed by atoms with Gasteiger partial charge in [0, 0.05) is 64.1 Å². The monoisotopic (exact) mass is 884 g/mol. The van der Waals surface area contributed by atoms with Crippen molar-refractivity contribution in [3.8, 4) is 0 Å². The minimum absolute atomic E-state index is 0.00751. The molecule has 2 aliphatic heterocycles. The van der Waals surface area contributed by atoms with Gasteiger partial charge < -0.3 is 20.1 Å². The van der Waals surface area contributed by atoms with Crippen LogP contribution in [0.15, 0.2) is 47.7 Å². The van der Waals surface area contributed by atoms with Crippen molar-refractivity contribution >= 4 is 40.1 Å². The van der Waals surface area contributed by atoms with Crippen LogP contribution >= 0.6 is 0 Å². The number of carbonyl (C=O) groups is 3. The lowest BCUT2D eigenvalue weighted by atomic mass is 9.85. The molecule has 2 amide bonds. The number of aromatic nitrogens is 7. The Bertz CT molecular complexity index is 2550. The van der Waals surface area contributed by atoms with Gasteiger partial charge in [-0.1, -0.05) is 18.9 Å². The summed E-state index contributed by atoms with van der Waals surface area (Å²) in [7, 11) is 1.71. The molecule has 4 fully saturated rings. The van der Waals surface area contributed by atoms with E-state index in [0.29, 0.717) is 35.9 Å². The summed E-state index contributed by atoms with van der Waals surface area (Å²) in [6.45, 7) is 3.58. The van der Waals surface area contributed by atoms with Crippen molar-refractivity contribution in [2.45, 2.75) is 133 Å². The number of hydrogen-bond acceptors (Lipinski definition) is 11. The lowest BCUT2D eigenvalue weighted by Crippen LogP contribution is -2.44. The topological polar surface area (TPSA) is 183 Å². The number of piperidine rings is 2. The molecule has 0 bridgehead atoms. The SMILES string of the molecule is Cn1c(=O)n(C2CCC(=O)NC2=O)c2ccc(CCCOC3CCN(CC4CCC(n5cc(CC(=O)c6cnn7ccc(N[C@@H]8CCCC[C@@H]8O)nc67)c(C(F)F)n5)CC4)CC3)cc21. The second kappa shape index (κ2) is 19.0. The van der Waals surface area contributed by atoms with Crippen LogP contribution in [-0.4, -0.2) is 106 Å². The highest BCUT2D eigenvalue weighted by Gasteiger charge is 2.33.